The molecular weight excluding hydrogens is 234 g/mol. The number of nitrogens with two attached hydrogens (primary N) is 1. The van der Waals surface area contributed by atoms with Crippen molar-refractivity contribution >= 4 is 11.3 Å². The molecular formula is C12H17N3OS. The molecule has 0 unspecified atom stereocenters. The molecule has 0 saturated heterocycles. The van der Waals surface area contributed by atoms with Gasteiger partial charge in [-0.25, -0.2) is 0 Å². The molecule has 0 aliphatic heterocycles. The van der Waals surface area contributed by atoms with E-state index in [1.54, 1.807) is 11.3 Å². The van der Waals surface area contributed by atoms with Gasteiger partial charge in [-0.3, -0.25) is 0 Å². The molecule has 0 fully saturated rings. The van der Waals surface area contributed by atoms with Gasteiger partial charge in [0, 0.05) is 10.9 Å². The quantitative estimate of drug-likeness (QED) is 0.885. The first-order valence-corrected chi connectivity index (χ1v) is 6.79. The first-order chi connectivity index (χ1) is 8.22. The summed E-state index contributed by atoms with van der Waals surface area (Å²) in [5.74, 6) is 1.18. The summed E-state index contributed by atoms with van der Waals surface area (Å²) in [7, 11) is 0. The Morgan fingerprint density at radius 3 is 2.94 bits per heavy atom. The molecule has 2 rings (SSSR count). The van der Waals surface area contributed by atoms with Gasteiger partial charge in [-0.2, -0.15) is 16.3 Å². The molecule has 2 heterocycles. The van der Waals surface area contributed by atoms with Crippen molar-refractivity contribution in [2.45, 2.75) is 39.2 Å². The lowest BCUT2D eigenvalue weighted by atomic mass is 10.1. The van der Waals surface area contributed by atoms with Crippen molar-refractivity contribution in [3.63, 3.8) is 0 Å². The second-order valence-corrected chi connectivity index (χ2v) is 4.92. The minimum absolute atomic E-state index is 0.143. The van der Waals surface area contributed by atoms with E-state index in [1.807, 2.05) is 12.3 Å². The van der Waals surface area contributed by atoms with Crippen LogP contribution >= 0.6 is 11.3 Å². The molecule has 1 atom stereocenters. The normalized spacial score (nSPS) is 12.9. The molecule has 0 aromatic carbocycles. The Kier molecular flexibility index (Phi) is 3.91. The van der Waals surface area contributed by atoms with Crippen molar-refractivity contribution < 1.29 is 4.52 Å². The minimum Gasteiger partial charge on any atom is -0.337 e. The number of aryl methyl sites for hydroxylation is 1. The van der Waals surface area contributed by atoms with Crippen LogP contribution in [0.3, 0.4) is 0 Å². The van der Waals surface area contributed by atoms with Crippen molar-refractivity contribution in [3.8, 4) is 11.4 Å². The molecule has 0 aliphatic carbocycles. The van der Waals surface area contributed by atoms with Crippen LogP contribution in [-0.2, 0) is 0 Å². The predicted octanol–water partition coefficient (Wildman–Crippen LogP) is 3.30. The van der Waals surface area contributed by atoms with Crippen LogP contribution in [0.2, 0.25) is 0 Å². The number of aromatic nitrogens is 2. The van der Waals surface area contributed by atoms with E-state index in [1.165, 1.54) is 5.56 Å². The third-order valence-corrected chi connectivity index (χ3v) is 3.59. The first-order valence-electron chi connectivity index (χ1n) is 5.84. The van der Waals surface area contributed by atoms with E-state index in [2.05, 4.69) is 22.4 Å². The summed E-state index contributed by atoms with van der Waals surface area (Å²) in [5, 5.41) is 8.09. The second kappa shape index (κ2) is 5.42. The average Bonchev–Trinajstić information content (AvgIpc) is 2.93. The van der Waals surface area contributed by atoms with Gasteiger partial charge in [0.25, 0.3) is 0 Å². The van der Waals surface area contributed by atoms with E-state index in [4.69, 9.17) is 10.3 Å². The second-order valence-electron chi connectivity index (χ2n) is 4.17. The summed E-state index contributed by atoms with van der Waals surface area (Å²) in [6.07, 6.45) is 3.09. The molecule has 4 nitrogen and oxygen atoms in total. The highest BCUT2D eigenvalue weighted by Crippen LogP contribution is 2.25. The van der Waals surface area contributed by atoms with Crippen LogP contribution in [-0.4, -0.2) is 10.1 Å². The monoisotopic (exact) mass is 251 g/mol. The van der Waals surface area contributed by atoms with Crippen LogP contribution in [0.25, 0.3) is 11.4 Å². The third-order valence-electron chi connectivity index (χ3n) is 2.72. The molecule has 0 bridgehead atoms. The van der Waals surface area contributed by atoms with Crippen LogP contribution in [0.1, 0.15) is 43.7 Å². The molecule has 0 radical (unpaired) electrons. The lowest BCUT2D eigenvalue weighted by molar-refractivity contribution is 0.346. The predicted molar refractivity (Wildman–Crippen MR) is 68.8 cm³/mol. The summed E-state index contributed by atoms with van der Waals surface area (Å²) in [4.78, 5) is 4.37. The largest absolute Gasteiger partial charge is 0.337 e. The van der Waals surface area contributed by atoms with E-state index in [0.717, 1.165) is 24.8 Å². The minimum atomic E-state index is -0.143. The highest BCUT2D eigenvalue weighted by molar-refractivity contribution is 7.08. The van der Waals surface area contributed by atoms with Gasteiger partial charge in [0.2, 0.25) is 11.7 Å². The van der Waals surface area contributed by atoms with E-state index >= 15 is 0 Å². The van der Waals surface area contributed by atoms with Crippen LogP contribution < -0.4 is 5.73 Å². The maximum atomic E-state index is 5.99. The van der Waals surface area contributed by atoms with Crippen molar-refractivity contribution in [1.82, 2.24) is 10.1 Å². The number of unbranched alkanes of at least 4 members (excludes halogenated alkanes) is 1. The van der Waals surface area contributed by atoms with Crippen molar-refractivity contribution in [2.75, 3.05) is 0 Å². The lowest BCUT2D eigenvalue weighted by Crippen LogP contribution is -2.10. The van der Waals surface area contributed by atoms with Gasteiger partial charge in [-0.15, -0.1) is 0 Å². The number of hydrogen-bond donors (Lipinski definition) is 1. The van der Waals surface area contributed by atoms with Gasteiger partial charge < -0.3 is 10.3 Å². The van der Waals surface area contributed by atoms with Crippen molar-refractivity contribution in [1.29, 1.82) is 0 Å². The van der Waals surface area contributed by atoms with Crippen LogP contribution in [0.15, 0.2) is 15.3 Å². The fraction of sp³-hybridized carbons (Fsp3) is 0.500. The Hall–Kier alpha value is -1.20. The SMILES string of the molecule is CCCC[C@H](N)c1nc(-c2cscc2C)no1. The zero-order valence-corrected chi connectivity index (χ0v) is 11.0. The van der Waals surface area contributed by atoms with E-state index in [9.17, 15) is 0 Å². The van der Waals surface area contributed by atoms with Crippen LogP contribution in [0.5, 0.6) is 0 Å². The Bertz CT molecular complexity index is 478. The molecule has 0 aliphatic rings. The molecule has 5 heteroatoms. The van der Waals surface area contributed by atoms with E-state index in [0.29, 0.717) is 11.7 Å². The Morgan fingerprint density at radius 2 is 2.29 bits per heavy atom. The summed E-state index contributed by atoms with van der Waals surface area (Å²) in [5.41, 5.74) is 8.20. The number of hydrogen-bond acceptors (Lipinski definition) is 5. The number of rotatable bonds is 5. The fourth-order valence-corrected chi connectivity index (χ4v) is 2.46. The van der Waals surface area contributed by atoms with Gasteiger partial charge in [-0.1, -0.05) is 24.9 Å². The van der Waals surface area contributed by atoms with E-state index in [-0.39, 0.29) is 6.04 Å². The van der Waals surface area contributed by atoms with E-state index < -0.39 is 0 Å². The van der Waals surface area contributed by atoms with Gasteiger partial charge >= 0.3 is 0 Å². The van der Waals surface area contributed by atoms with Gasteiger partial charge in [0.05, 0.1) is 6.04 Å². The number of nitrogens with zero attached hydrogens (tertiary/aromatic N) is 2. The maximum Gasteiger partial charge on any atom is 0.243 e. The molecule has 0 amide bonds. The summed E-state index contributed by atoms with van der Waals surface area (Å²) in [6.45, 7) is 4.18. The fourth-order valence-electron chi connectivity index (χ4n) is 1.63. The summed E-state index contributed by atoms with van der Waals surface area (Å²) in [6, 6.07) is -0.143. The maximum absolute atomic E-state index is 5.99. The third kappa shape index (κ3) is 2.73. The zero-order chi connectivity index (χ0) is 12.3. The molecule has 0 saturated carbocycles. The first kappa shape index (κ1) is 12.3. The van der Waals surface area contributed by atoms with Crippen molar-refractivity contribution in [2.24, 2.45) is 5.73 Å². The lowest BCUT2D eigenvalue weighted by Gasteiger charge is -2.03. The molecule has 2 aromatic rings. The number of thiophene rings is 1. The topological polar surface area (TPSA) is 64.9 Å². The standard InChI is InChI=1S/C12H17N3OS/c1-3-4-5-10(13)12-14-11(15-16-12)9-7-17-6-8(9)2/h6-7,10H,3-5,13H2,1-2H3/t10-/m0/s1. The zero-order valence-electron chi connectivity index (χ0n) is 10.1. The summed E-state index contributed by atoms with van der Waals surface area (Å²) >= 11 is 1.64. The highest BCUT2D eigenvalue weighted by atomic mass is 32.1. The molecule has 92 valence electrons. The van der Waals surface area contributed by atoms with Crippen LogP contribution in [0.4, 0.5) is 0 Å². The molecule has 17 heavy (non-hydrogen) atoms. The van der Waals surface area contributed by atoms with Gasteiger partial charge in [0.15, 0.2) is 0 Å². The Morgan fingerprint density at radius 1 is 1.47 bits per heavy atom. The smallest absolute Gasteiger partial charge is 0.243 e. The molecule has 2 aromatic heterocycles. The Balaban J connectivity index is 2.13. The van der Waals surface area contributed by atoms with Crippen molar-refractivity contribution in [3.05, 3.63) is 22.2 Å². The summed E-state index contributed by atoms with van der Waals surface area (Å²) < 4.78 is 5.22. The van der Waals surface area contributed by atoms with Crippen LogP contribution in [0, 0.1) is 6.92 Å². The average molecular weight is 251 g/mol. The Labute approximate surface area is 105 Å². The molecule has 2 N–H and O–H groups in total. The van der Waals surface area contributed by atoms with Gasteiger partial charge in [0.1, 0.15) is 0 Å². The van der Waals surface area contributed by atoms with Gasteiger partial charge in [-0.05, 0) is 24.3 Å². The highest BCUT2D eigenvalue weighted by Gasteiger charge is 2.16. The molecule has 0 spiro atoms.